The predicted molar refractivity (Wildman–Crippen MR) is 97.1 cm³/mol. The molecule has 0 radical (unpaired) electrons. The molecule has 26 heavy (non-hydrogen) atoms. The first-order chi connectivity index (χ1) is 12.6. The lowest BCUT2D eigenvalue weighted by Gasteiger charge is -2.16. The van der Waals surface area contributed by atoms with E-state index in [-0.39, 0.29) is 13.2 Å². The summed E-state index contributed by atoms with van der Waals surface area (Å²) in [6, 6.07) is 10.9. The number of amides is 2. The second kappa shape index (κ2) is 10.0. The molecule has 0 aliphatic carbocycles. The number of benzene rings is 1. The summed E-state index contributed by atoms with van der Waals surface area (Å²) >= 11 is 0. The van der Waals surface area contributed by atoms with Gasteiger partial charge in [-0.15, -0.1) is 0 Å². The number of methoxy groups -OCH3 is 1. The minimum absolute atomic E-state index is 0.245. The van der Waals surface area contributed by atoms with Gasteiger partial charge in [-0.1, -0.05) is 0 Å². The van der Waals surface area contributed by atoms with E-state index in [2.05, 4.69) is 10.3 Å². The lowest BCUT2D eigenvalue weighted by atomic mass is 10.2. The fourth-order valence-corrected chi connectivity index (χ4v) is 2.20. The molecule has 0 saturated carbocycles. The van der Waals surface area contributed by atoms with Gasteiger partial charge in [0.1, 0.15) is 18.1 Å². The lowest BCUT2D eigenvalue weighted by Crippen LogP contribution is -2.43. The average Bonchev–Trinajstić information content (AvgIpc) is 2.69. The van der Waals surface area contributed by atoms with Gasteiger partial charge in [0.2, 0.25) is 0 Å². The highest BCUT2D eigenvalue weighted by Gasteiger charge is 2.17. The van der Waals surface area contributed by atoms with Crippen LogP contribution in [-0.2, 0) is 16.0 Å². The summed E-state index contributed by atoms with van der Waals surface area (Å²) in [6.07, 6.45) is 4.07. The number of hydrogen-bond donors (Lipinski definition) is 1. The minimum Gasteiger partial charge on any atom is -0.497 e. The first kappa shape index (κ1) is 19.2. The molecule has 0 unspecified atom stereocenters. The zero-order chi connectivity index (χ0) is 18.8. The van der Waals surface area contributed by atoms with E-state index in [0.29, 0.717) is 18.7 Å². The topological polar surface area (TPSA) is 80.8 Å². The number of nitrogens with one attached hydrogen (secondary N) is 1. The van der Waals surface area contributed by atoms with Crippen LogP contribution in [0.15, 0.2) is 48.8 Å². The molecule has 0 bridgehead atoms. The SMILES string of the molecule is COc1ccc(OCCNC(=O)C(=O)N(C)CCc2ccncc2)cc1. The van der Waals surface area contributed by atoms with E-state index < -0.39 is 11.8 Å². The molecule has 0 saturated heterocycles. The van der Waals surface area contributed by atoms with Crippen molar-refractivity contribution < 1.29 is 19.1 Å². The number of aromatic nitrogens is 1. The van der Waals surface area contributed by atoms with Crippen LogP contribution in [0.25, 0.3) is 0 Å². The van der Waals surface area contributed by atoms with Crippen LogP contribution >= 0.6 is 0 Å². The predicted octanol–water partition coefficient (Wildman–Crippen LogP) is 1.29. The molecule has 2 aromatic rings. The first-order valence-corrected chi connectivity index (χ1v) is 8.29. The molecule has 7 nitrogen and oxygen atoms in total. The summed E-state index contributed by atoms with van der Waals surface area (Å²) in [5.74, 6) is 0.205. The van der Waals surface area contributed by atoms with Gasteiger partial charge in [0.25, 0.3) is 0 Å². The smallest absolute Gasteiger partial charge is 0.311 e. The van der Waals surface area contributed by atoms with Crippen LogP contribution < -0.4 is 14.8 Å². The molecule has 2 rings (SSSR count). The van der Waals surface area contributed by atoms with Crippen LogP contribution in [0, 0.1) is 0 Å². The van der Waals surface area contributed by atoms with Gasteiger partial charge in [0.05, 0.1) is 13.7 Å². The maximum Gasteiger partial charge on any atom is 0.311 e. The maximum atomic E-state index is 12.0. The molecule has 1 N–H and O–H groups in total. The van der Waals surface area contributed by atoms with Crippen LogP contribution in [0.5, 0.6) is 11.5 Å². The second-order valence-corrected chi connectivity index (χ2v) is 5.61. The summed E-state index contributed by atoms with van der Waals surface area (Å²) in [5, 5.41) is 2.56. The number of carbonyl (C=O) groups is 2. The van der Waals surface area contributed by atoms with Crippen LogP contribution in [0.1, 0.15) is 5.56 Å². The normalized spacial score (nSPS) is 10.1. The molecular formula is C19H23N3O4. The Hall–Kier alpha value is -3.09. The van der Waals surface area contributed by atoms with Crippen molar-refractivity contribution in [2.75, 3.05) is 33.9 Å². The highest BCUT2D eigenvalue weighted by molar-refractivity contribution is 6.34. The molecular weight excluding hydrogens is 334 g/mol. The Morgan fingerprint density at radius 2 is 1.73 bits per heavy atom. The molecule has 0 fully saturated rings. The van der Waals surface area contributed by atoms with Gasteiger partial charge >= 0.3 is 11.8 Å². The summed E-state index contributed by atoms with van der Waals surface area (Å²) < 4.78 is 10.6. The fraction of sp³-hybridized carbons (Fsp3) is 0.316. The molecule has 7 heteroatoms. The Morgan fingerprint density at radius 3 is 2.38 bits per heavy atom. The molecule has 2 amide bonds. The minimum atomic E-state index is -0.638. The van der Waals surface area contributed by atoms with E-state index >= 15 is 0 Å². The Bertz CT molecular complexity index is 704. The van der Waals surface area contributed by atoms with E-state index in [9.17, 15) is 9.59 Å². The molecule has 0 spiro atoms. The second-order valence-electron chi connectivity index (χ2n) is 5.61. The monoisotopic (exact) mass is 357 g/mol. The van der Waals surface area contributed by atoms with E-state index in [4.69, 9.17) is 9.47 Å². The molecule has 1 aromatic heterocycles. The third-order valence-electron chi connectivity index (χ3n) is 3.74. The van der Waals surface area contributed by atoms with Gasteiger partial charge in [0.15, 0.2) is 0 Å². The zero-order valence-electron chi connectivity index (χ0n) is 15.0. The number of likely N-dealkylation sites (N-methyl/N-ethyl adjacent to an activating group) is 1. The van der Waals surface area contributed by atoms with Crippen molar-refractivity contribution in [3.63, 3.8) is 0 Å². The Labute approximate surface area is 152 Å². The molecule has 138 valence electrons. The molecule has 0 aliphatic heterocycles. The first-order valence-electron chi connectivity index (χ1n) is 8.29. The van der Waals surface area contributed by atoms with Crippen molar-refractivity contribution in [2.24, 2.45) is 0 Å². The van der Waals surface area contributed by atoms with Gasteiger partial charge in [-0.3, -0.25) is 14.6 Å². The number of hydrogen-bond acceptors (Lipinski definition) is 5. The summed E-state index contributed by atoms with van der Waals surface area (Å²) in [7, 11) is 3.20. The van der Waals surface area contributed by atoms with Crippen LogP contribution in [0.2, 0.25) is 0 Å². The zero-order valence-corrected chi connectivity index (χ0v) is 15.0. The summed E-state index contributed by atoms with van der Waals surface area (Å²) in [6.45, 7) is 0.972. The molecule has 0 aliphatic rings. The number of ether oxygens (including phenoxy) is 2. The largest absolute Gasteiger partial charge is 0.497 e. The Morgan fingerprint density at radius 1 is 1.08 bits per heavy atom. The molecule has 0 atom stereocenters. The van der Waals surface area contributed by atoms with Gasteiger partial charge in [-0.2, -0.15) is 0 Å². The van der Waals surface area contributed by atoms with Crippen molar-refractivity contribution >= 4 is 11.8 Å². The highest BCUT2D eigenvalue weighted by Crippen LogP contribution is 2.16. The number of rotatable bonds is 8. The van der Waals surface area contributed by atoms with E-state index in [1.165, 1.54) is 4.90 Å². The summed E-state index contributed by atoms with van der Waals surface area (Å²) in [4.78, 5) is 29.3. The van der Waals surface area contributed by atoms with Crippen LogP contribution in [0.4, 0.5) is 0 Å². The van der Waals surface area contributed by atoms with E-state index in [1.807, 2.05) is 12.1 Å². The van der Waals surface area contributed by atoms with Gasteiger partial charge in [-0.25, -0.2) is 0 Å². The van der Waals surface area contributed by atoms with Crippen LogP contribution in [0.3, 0.4) is 0 Å². The van der Waals surface area contributed by atoms with E-state index in [1.54, 1.807) is 50.8 Å². The third kappa shape index (κ3) is 6.08. The van der Waals surface area contributed by atoms with E-state index in [0.717, 1.165) is 11.3 Å². The lowest BCUT2D eigenvalue weighted by molar-refractivity contribution is -0.145. The third-order valence-corrected chi connectivity index (χ3v) is 3.74. The van der Waals surface area contributed by atoms with Crippen molar-refractivity contribution in [3.05, 3.63) is 54.4 Å². The standard InChI is InChI=1S/C19H23N3O4/c1-22(13-9-15-7-10-20-11-8-15)19(24)18(23)21-12-14-26-17-5-3-16(25-2)4-6-17/h3-8,10-11H,9,12-14H2,1-2H3,(H,21,23). The summed E-state index contributed by atoms with van der Waals surface area (Å²) in [5.41, 5.74) is 1.06. The highest BCUT2D eigenvalue weighted by atomic mass is 16.5. The van der Waals surface area contributed by atoms with Crippen molar-refractivity contribution in [3.8, 4) is 11.5 Å². The molecule has 1 heterocycles. The number of nitrogens with zero attached hydrogens (tertiary/aromatic N) is 2. The van der Waals surface area contributed by atoms with Crippen molar-refractivity contribution in [2.45, 2.75) is 6.42 Å². The molecule has 1 aromatic carbocycles. The maximum absolute atomic E-state index is 12.0. The number of pyridine rings is 1. The van der Waals surface area contributed by atoms with Gasteiger partial charge in [0, 0.05) is 26.0 Å². The van der Waals surface area contributed by atoms with Gasteiger partial charge < -0.3 is 19.7 Å². The fourth-order valence-electron chi connectivity index (χ4n) is 2.20. The average molecular weight is 357 g/mol. The Balaban J connectivity index is 1.66. The van der Waals surface area contributed by atoms with Crippen molar-refractivity contribution in [1.29, 1.82) is 0 Å². The van der Waals surface area contributed by atoms with Gasteiger partial charge in [-0.05, 0) is 48.4 Å². The van der Waals surface area contributed by atoms with Crippen LogP contribution in [-0.4, -0.2) is 55.6 Å². The van der Waals surface area contributed by atoms with Crippen molar-refractivity contribution in [1.82, 2.24) is 15.2 Å². The quantitative estimate of drug-likeness (QED) is 0.569. The Kier molecular flexibility index (Phi) is 7.42. The number of carbonyl (C=O) groups excluding carboxylic acids is 2.